The van der Waals surface area contributed by atoms with E-state index in [1.807, 2.05) is 41.5 Å². The standard InChI is InChI=1S/C19H22N6O/c1-11(2)12(3)25-10-13(8-21-25)22-19-18-16(9-20-24-18)15-7-14(26-4)5-6-17(15)23-19/h5-12H,1-4H3,(H,20,24)(H,22,23). The van der Waals surface area contributed by atoms with Crippen LogP contribution in [0.4, 0.5) is 11.5 Å². The Morgan fingerprint density at radius 2 is 2.00 bits per heavy atom. The summed E-state index contributed by atoms with van der Waals surface area (Å²) in [6.45, 7) is 6.54. The number of nitrogens with zero attached hydrogens (tertiary/aromatic N) is 4. The van der Waals surface area contributed by atoms with E-state index in [0.29, 0.717) is 12.0 Å². The zero-order valence-electron chi connectivity index (χ0n) is 15.3. The molecule has 1 unspecified atom stereocenters. The highest BCUT2D eigenvalue weighted by molar-refractivity contribution is 6.09. The quantitative estimate of drug-likeness (QED) is 0.561. The van der Waals surface area contributed by atoms with Crippen molar-refractivity contribution in [3.05, 3.63) is 36.8 Å². The molecule has 4 rings (SSSR count). The van der Waals surface area contributed by atoms with Crippen LogP contribution in [0, 0.1) is 5.92 Å². The van der Waals surface area contributed by atoms with E-state index in [1.54, 1.807) is 7.11 Å². The zero-order valence-corrected chi connectivity index (χ0v) is 15.3. The maximum Gasteiger partial charge on any atom is 0.157 e. The lowest BCUT2D eigenvalue weighted by Crippen LogP contribution is -2.11. The number of anilines is 2. The van der Waals surface area contributed by atoms with Crippen molar-refractivity contribution in [3.63, 3.8) is 0 Å². The lowest BCUT2D eigenvalue weighted by Gasteiger charge is -2.15. The first-order valence-corrected chi connectivity index (χ1v) is 8.69. The van der Waals surface area contributed by atoms with Crippen molar-refractivity contribution in [1.82, 2.24) is 25.0 Å². The number of pyridine rings is 1. The van der Waals surface area contributed by atoms with Crippen LogP contribution in [0.3, 0.4) is 0 Å². The number of aromatic nitrogens is 5. The van der Waals surface area contributed by atoms with Gasteiger partial charge in [-0.25, -0.2) is 4.98 Å². The Kier molecular flexibility index (Phi) is 3.99. The van der Waals surface area contributed by atoms with Gasteiger partial charge in [-0.1, -0.05) is 13.8 Å². The largest absolute Gasteiger partial charge is 0.497 e. The molecule has 4 aromatic rings. The SMILES string of the molecule is COc1ccc2nc(Nc3cnn(C(C)C(C)C)c3)c3[nH]ncc3c2c1. The first kappa shape index (κ1) is 16.4. The Bertz CT molecular complexity index is 1060. The summed E-state index contributed by atoms with van der Waals surface area (Å²) >= 11 is 0. The summed E-state index contributed by atoms with van der Waals surface area (Å²) < 4.78 is 7.31. The van der Waals surface area contributed by atoms with E-state index in [0.717, 1.165) is 39.1 Å². The molecule has 7 heteroatoms. The molecule has 3 heterocycles. The van der Waals surface area contributed by atoms with Gasteiger partial charge in [0, 0.05) is 17.0 Å². The van der Waals surface area contributed by atoms with Gasteiger partial charge >= 0.3 is 0 Å². The van der Waals surface area contributed by atoms with Gasteiger partial charge in [-0.15, -0.1) is 0 Å². The van der Waals surface area contributed by atoms with Gasteiger partial charge in [0.25, 0.3) is 0 Å². The minimum atomic E-state index is 0.328. The second-order valence-electron chi connectivity index (χ2n) is 6.82. The maximum absolute atomic E-state index is 5.33. The Morgan fingerprint density at radius 3 is 2.77 bits per heavy atom. The fraction of sp³-hybridized carbons (Fsp3) is 0.316. The van der Waals surface area contributed by atoms with Crippen LogP contribution < -0.4 is 10.1 Å². The average molecular weight is 350 g/mol. The molecule has 0 saturated carbocycles. The van der Waals surface area contributed by atoms with Crippen LogP contribution >= 0.6 is 0 Å². The maximum atomic E-state index is 5.33. The van der Waals surface area contributed by atoms with Crippen molar-refractivity contribution in [2.75, 3.05) is 12.4 Å². The minimum absolute atomic E-state index is 0.328. The van der Waals surface area contributed by atoms with Crippen LogP contribution in [-0.2, 0) is 0 Å². The smallest absolute Gasteiger partial charge is 0.157 e. The number of hydrogen-bond donors (Lipinski definition) is 2. The first-order valence-electron chi connectivity index (χ1n) is 8.69. The molecule has 7 nitrogen and oxygen atoms in total. The zero-order chi connectivity index (χ0) is 18.3. The van der Waals surface area contributed by atoms with Crippen LogP contribution in [0.1, 0.15) is 26.8 Å². The summed E-state index contributed by atoms with van der Waals surface area (Å²) in [6.07, 6.45) is 5.64. The Balaban J connectivity index is 1.75. The topological polar surface area (TPSA) is 80.6 Å². The second kappa shape index (κ2) is 6.33. The molecule has 0 aliphatic heterocycles. The summed E-state index contributed by atoms with van der Waals surface area (Å²) in [5, 5.41) is 17.1. The van der Waals surface area contributed by atoms with Crippen LogP contribution in [0.2, 0.25) is 0 Å². The summed E-state index contributed by atoms with van der Waals surface area (Å²) in [5.41, 5.74) is 2.63. The summed E-state index contributed by atoms with van der Waals surface area (Å²) in [5.74, 6) is 2.04. The molecule has 0 fully saturated rings. The summed E-state index contributed by atoms with van der Waals surface area (Å²) in [7, 11) is 1.66. The van der Waals surface area contributed by atoms with Crippen molar-refractivity contribution in [2.24, 2.45) is 5.92 Å². The third-order valence-electron chi connectivity index (χ3n) is 4.85. The van der Waals surface area contributed by atoms with Crippen LogP contribution in [0.15, 0.2) is 36.8 Å². The normalized spacial score (nSPS) is 12.8. The Labute approximate surface area is 151 Å². The summed E-state index contributed by atoms with van der Waals surface area (Å²) in [6, 6.07) is 6.17. The molecular weight excluding hydrogens is 328 g/mol. The molecule has 0 radical (unpaired) electrons. The van der Waals surface area contributed by atoms with E-state index < -0.39 is 0 Å². The van der Waals surface area contributed by atoms with E-state index in [2.05, 4.69) is 41.4 Å². The molecule has 26 heavy (non-hydrogen) atoms. The number of hydrogen-bond acceptors (Lipinski definition) is 5. The fourth-order valence-electron chi connectivity index (χ4n) is 2.96. The number of rotatable bonds is 5. The van der Waals surface area contributed by atoms with Gasteiger partial charge in [-0.2, -0.15) is 10.2 Å². The van der Waals surface area contributed by atoms with Gasteiger partial charge in [0.15, 0.2) is 5.82 Å². The highest BCUT2D eigenvalue weighted by Crippen LogP contribution is 2.31. The van der Waals surface area contributed by atoms with Crippen molar-refractivity contribution in [1.29, 1.82) is 0 Å². The Hall–Kier alpha value is -3.09. The van der Waals surface area contributed by atoms with E-state index in [4.69, 9.17) is 9.72 Å². The number of ether oxygens (including phenoxy) is 1. The third-order valence-corrected chi connectivity index (χ3v) is 4.85. The van der Waals surface area contributed by atoms with Gasteiger partial charge < -0.3 is 10.1 Å². The van der Waals surface area contributed by atoms with Gasteiger partial charge in [0.05, 0.1) is 36.7 Å². The highest BCUT2D eigenvalue weighted by atomic mass is 16.5. The van der Waals surface area contributed by atoms with Crippen LogP contribution in [0.5, 0.6) is 5.75 Å². The molecule has 0 aliphatic carbocycles. The van der Waals surface area contributed by atoms with Crippen molar-refractivity contribution >= 4 is 33.3 Å². The van der Waals surface area contributed by atoms with Crippen LogP contribution in [-0.4, -0.2) is 32.1 Å². The minimum Gasteiger partial charge on any atom is -0.497 e. The van der Waals surface area contributed by atoms with Crippen LogP contribution in [0.25, 0.3) is 21.8 Å². The molecule has 0 bridgehead atoms. The van der Waals surface area contributed by atoms with Crippen molar-refractivity contribution in [3.8, 4) is 5.75 Å². The predicted octanol–water partition coefficient (Wildman–Crippen LogP) is 4.28. The van der Waals surface area contributed by atoms with E-state index >= 15 is 0 Å². The third kappa shape index (κ3) is 2.75. The Morgan fingerprint density at radius 1 is 1.15 bits per heavy atom. The number of fused-ring (bicyclic) bond motifs is 3. The highest BCUT2D eigenvalue weighted by Gasteiger charge is 2.14. The molecular formula is C19H22N6O. The van der Waals surface area contributed by atoms with Crippen molar-refractivity contribution in [2.45, 2.75) is 26.8 Å². The number of methoxy groups -OCH3 is 1. The molecule has 1 aromatic carbocycles. The first-order chi connectivity index (χ1) is 12.6. The number of H-pyrrole nitrogens is 1. The lowest BCUT2D eigenvalue weighted by molar-refractivity contribution is 0.375. The van der Waals surface area contributed by atoms with E-state index in [9.17, 15) is 0 Å². The number of nitrogens with one attached hydrogen (secondary N) is 2. The second-order valence-corrected chi connectivity index (χ2v) is 6.82. The monoisotopic (exact) mass is 350 g/mol. The molecule has 1 atom stereocenters. The molecule has 0 saturated heterocycles. The lowest BCUT2D eigenvalue weighted by atomic mass is 10.1. The van der Waals surface area contributed by atoms with Crippen molar-refractivity contribution < 1.29 is 4.74 Å². The molecule has 3 aromatic heterocycles. The van der Waals surface area contributed by atoms with Gasteiger partial charge in [-0.3, -0.25) is 9.78 Å². The average Bonchev–Trinajstić information content (AvgIpc) is 3.30. The summed E-state index contributed by atoms with van der Waals surface area (Å²) in [4.78, 5) is 4.76. The van der Waals surface area contributed by atoms with E-state index in [-0.39, 0.29) is 0 Å². The van der Waals surface area contributed by atoms with E-state index in [1.165, 1.54) is 0 Å². The molecule has 0 spiro atoms. The van der Waals surface area contributed by atoms with Gasteiger partial charge in [0.1, 0.15) is 11.3 Å². The van der Waals surface area contributed by atoms with Gasteiger partial charge in [0.2, 0.25) is 0 Å². The molecule has 0 aliphatic rings. The molecule has 2 N–H and O–H groups in total. The number of aromatic amines is 1. The fourth-order valence-corrected chi connectivity index (χ4v) is 2.96. The predicted molar refractivity (Wildman–Crippen MR) is 103 cm³/mol. The van der Waals surface area contributed by atoms with Gasteiger partial charge in [-0.05, 0) is 31.0 Å². The number of benzene rings is 1. The molecule has 0 amide bonds. The molecule has 134 valence electrons.